The third-order valence-electron chi connectivity index (χ3n) is 4.26. The maximum atomic E-state index is 12.5. The van der Waals surface area contributed by atoms with Crippen LogP contribution < -0.4 is 5.32 Å². The van der Waals surface area contributed by atoms with Crippen molar-refractivity contribution in [3.8, 4) is 0 Å². The van der Waals surface area contributed by atoms with Crippen LogP contribution in [0.2, 0.25) is 0 Å². The van der Waals surface area contributed by atoms with Crippen LogP contribution >= 0.6 is 0 Å². The van der Waals surface area contributed by atoms with Crippen LogP contribution in [0.4, 0.5) is 0 Å². The van der Waals surface area contributed by atoms with Gasteiger partial charge in [-0.05, 0) is 19.3 Å². The van der Waals surface area contributed by atoms with E-state index in [0.717, 1.165) is 19.4 Å². The molecule has 2 unspecified atom stereocenters. The van der Waals surface area contributed by atoms with Gasteiger partial charge in [-0.2, -0.15) is 0 Å². The fraction of sp³-hybridized carbons (Fsp3) is 0.857. The van der Waals surface area contributed by atoms with Crippen LogP contribution in [0.1, 0.15) is 39.0 Å². The normalized spacial score (nSPS) is 30.4. The van der Waals surface area contributed by atoms with Crippen LogP contribution in [0.25, 0.3) is 0 Å². The summed E-state index contributed by atoms with van der Waals surface area (Å²) in [6, 6.07) is 0. The quantitative estimate of drug-likeness (QED) is 0.773. The van der Waals surface area contributed by atoms with Crippen LogP contribution in [0, 0.1) is 0 Å². The maximum Gasteiger partial charge on any atom is 0.329 e. The molecule has 2 fully saturated rings. The number of carboxylic acid groups (broad SMARTS) is 1. The van der Waals surface area contributed by atoms with Crippen molar-refractivity contribution in [1.29, 1.82) is 0 Å². The molecule has 114 valence electrons. The van der Waals surface area contributed by atoms with Gasteiger partial charge in [0.1, 0.15) is 5.54 Å². The van der Waals surface area contributed by atoms with Crippen molar-refractivity contribution in [2.75, 3.05) is 26.2 Å². The molecule has 1 amide bonds. The van der Waals surface area contributed by atoms with Crippen molar-refractivity contribution in [2.24, 2.45) is 0 Å². The zero-order valence-electron chi connectivity index (χ0n) is 12.1. The van der Waals surface area contributed by atoms with E-state index < -0.39 is 11.5 Å². The van der Waals surface area contributed by atoms with Gasteiger partial charge in [-0.15, -0.1) is 0 Å². The molecule has 0 aromatic carbocycles. The first-order valence-corrected chi connectivity index (χ1v) is 7.46. The van der Waals surface area contributed by atoms with Crippen molar-refractivity contribution >= 4 is 11.9 Å². The molecule has 2 atom stereocenters. The number of hydrogen-bond donors (Lipinski definition) is 2. The van der Waals surface area contributed by atoms with Crippen LogP contribution in [0.3, 0.4) is 0 Å². The summed E-state index contributed by atoms with van der Waals surface area (Å²) in [4.78, 5) is 25.7. The standard InChI is InChI=1S/C14H24N2O4/c1-2-4-14(13(18)19)5-3-7-16(14)12(17)9-11-10-15-6-8-20-11/h11,15H,2-10H2,1H3,(H,18,19). The number of morpholine rings is 1. The Morgan fingerprint density at radius 2 is 2.30 bits per heavy atom. The number of amides is 1. The molecule has 0 aliphatic carbocycles. The summed E-state index contributed by atoms with van der Waals surface area (Å²) in [5.41, 5.74) is -0.992. The molecule has 0 aromatic rings. The number of aliphatic carboxylic acids is 1. The minimum absolute atomic E-state index is 0.0907. The SMILES string of the molecule is CCCC1(C(=O)O)CCCN1C(=O)CC1CNCCO1. The largest absolute Gasteiger partial charge is 0.479 e. The molecule has 6 heteroatoms. The third kappa shape index (κ3) is 2.96. The molecular weight excluding hydrogens is 260 g/mol. The van der Waals surface area contributed by atoms with Crippen LogP contribution in [-0.2, 0) is 14.3 Å². The van der Waals surface area contributed by atoms with E-state index in [1.807, 2.05) is 6.92 Å². The lowest BCUT2D eigenvalue weighted by Crippen LogP contribution is -2.54. The summed E-state index contributed by atoms with van der Waals surface area (Å²) in [5, 5.41) is 12.8. The zero-order valence-corrected chi connectivity index (χ0v) is 12.1. The first-order chi connectivity index (χ1) is 9.60. The van der Waals surface area contributed by atoms with Crippen molar-refractivity contribution in [2.45, 2.75) is 50.7 Å². The second kappa shape index (κ2) is 6.54. The number of likely N-dealkylation sites (tertiary alicyclic amines) is 1. The Morgan fingerprint density at radius 3 is 2.90 bits per heavy atom. The number of ether oxygens (including phenoxy) is 1. The first-order valence-electron chi connectivity index (χ1n) is 7.46. The van der Waals surface area contributed by atoms with Gasteiger partial charge in [0.05, 0.1) is 19.1 Å². The second-order valence-electron chi connectivity index (χ2n) is 5.64. The van der Waals surface area contributed by atoms with E-state index in [9.17, 15) is 14.7 Å². The molecule has 2 heterocycles. The molecule has 2 aliphatic rings. The second-order valence-corrected chi connectivity index (χ2v) is 5.64. The third-order valence-corrected chi connectivity index (χ3v) is 4.26. The highest BCUT2D eigenvalue weighted by Gasteiger charge is 2.49. The Hall–Kier alpha value is -1.14. The van der Waals surface area contributed by atoms with E-state index in [0.29, 0.717) is 32.5 Å². The average molecular weight is 284 g/mol. The van der Waals surface area contributed by atoms with Gasteiger partial charge in [0.15, 0.2) is 0 Å². The first kappa shape index (κ1) is 15.3. The van der Waals surface area contributed by atoms with E-state index in [-0.39, 0.29) is 18.4 Å². The summed E-state index contributed by atoms with van der Waals surface area (Å²) in [5.74, 6) is -0.958. The lowest BCUT2D eigenvalue weighted by atomic mass is 9.90. The number of carboxylic acids is 1. The van der Waals surface area contributed by atoms with E-state index >= 15 is 0 Å². The maximum absolute atomic E-state index is 12.5. The van der Waals surface area contributed by atoms with Crippen LogP contribution in [-0.4, -0.2) is 59.8 Å². The summed E-state index contributed by atoms with van der Waals surface area (Å²) in [6.07, 6.45) is 2.75. The van der Waals surface area contributed by atoms with Crippen molar-refractivity contribution in [3.05, 3.63) is 0 Å². The smallest absolute Gasteiger partial charge is 0.329 e. The van der Waals surface area contributed by atoms with Gasteiger partial charge in [-0.1, -0.05) is 13.3 Å². The van der Waals surface area contributed by atoms with Crippen molar-refractivity contribution in [3.63, 3.8) is 0 Å². The Balaban J connectivity index is 2.04. The highest BCUT2D eigenvalue weighted by atomic mass is 16.5. The number of rotatable bonds is 5. The van der Waals surface area contributed by atoms with Gasteiger partial charge in [0.2, 0.25) is 5.91 Å². The zero-order chi connectivity index (χ0) is 14.6. The average Bonchev–Trinajstić information content (AvgIpc) is 2.85. The van der Waals surface area contributed by atoms with Gasteiger partial charge in [0.25, 0.3) is 0 Å². The number of hydrogen-bond acceptors (Lipinski definition) is 4. The fourth-order valence-electron chi connectivity index (χ4n) is 3.30. The summed E-state index contributed by atoms with van der Waals surface area (Å²) >= 11 is 0. The van der Waals surface area contributed by atoms with E-state index in [1.54, 1.807) is 4.90 Å². The van der Waals surface area contributed by atoms with Crippen molar-refractivity contribution < 1.29 is 19.4 Å². The minimum atomic E-state index is -0.992. The van der Waals surface area contributed by atoms with E-state index in [4.69, 9.17) is 4.74 Å². The number of nitrogens with one attached hydrogen (secondary N) is 1. The lowest BCUT2D eigenvalue weighted by molar-refractivity contribution is -0.158. The summed E-state index contributed by atoms with van der Waals surface area (Å²) in [6.45, 7) is 4.58. The fourth-order valence-corrected chi connectivity index (χ4v) is 3.30. The molecule has 2 N–H and O–H groups in total. The molecule has 0 saturated carbocycles. The Bertz CT molecular complexity index is 368. The Morgan fingerprint density at radius 1 is 1.50 bits per heavy atom. The van der Waals surface area contributed by atoms with Gasteiger partial charge in [0, 0.05) is 19.6 Å². The van der Waals surface area contributed by atoms with Gasteiger partial charge >= 0.3 is 5.97 Å². The molecule has 0 radical (unpaired) electrons. The van der Waals surface area contributed by atoms with E-state index in [1.165, 1.54) is 0 Å². The molecule has 6 nitrogen and oxygen atoms in total. The van der Waals surface area contributed by atoms with Gasteiger partial charge in [-0.25, -0.2) is 4.79 Å². The molecule has 20 heavy (non-hydrogen) atoms. The summed E-state index contributed by atoms with van der Waals surface area (Å²) in [7, 11) is 0. The van der Waals surface area contributed by atoms with Gasteiger partial charge in [-0.3, -0.25) is 4.79 Å². The van der Waals surface area contributed by atoms with Crippen molar-refractivity contribution in [1.82, 2.24) is 10.2 Å². The van der Waals surface area contributed by atoms with Crippen LogP contribution in [0.5, 0.6) is 0 Å². The molecule has 0 bridgehead atoms. The predicted octanol–water partition coefficient (Wildman–Crippen LogP) is 0.611. The lowest BCUT2D eigenvalue weighted by Gasteiger charge is -2.36. The molecule has 2 saturated heterocycles. The highest BCUT2D eigenvalue weighted by molar-refractivity contribution is 5.88. The molecular formula is C14H24N2O4. The Kier molecular flexibility index (Phi) is 4.99. The predicted molar refractivity (Wildman–Crippen MR) is 73.4 cm³/mol. The minimum Gasteiger partial charge on any atom is -0.479 e. The number of nitrogens with zero attached hydrogens (tertiary/aromatic N) is 1. The molecule has 0 aromatic heterocycles. The number of carbonyl (C=O) groups is 2. The van der Waals surface area contributed by atoms with Crippen LogP contribution in [0.15, 0.2) is 0 Å². The highest BCUT2D eigenvalue weighted by Crippen LogP contribution is 2.34. The van der Waals surface area contributed by atoms with Gasteiger partial charge < -0.3 is 20.1 Å². The molecule has 2 aliphatic heterocycles. The monoisotopic (exact) mass is 284 g/mol. The topological polar surface area (TPSA) is 78.9 Å². The summed E-state index contributed by atoms with van der Waals surface area (Å²) < 4.78 is 5.54. The molecule has 0 spiro atoms. The Labute approximate surface area is 119 Å². The van der Waals surface area contributed by atoms with E-state index in [2.05, 4.69) is 5.32 Å². The number of carbonyl (C=O) groups excluding carboxylic acids is 1. The molecule has 2 rings (SSSR count).